The third kappa shape index (κ3) is 6.57. The summed E-state index contributed by atoms with van der Waals surface area (Å²) in [6.07, 6.45) is 2.43. The van der Waals surface area contributed by atoms with Gasteiger partial charge in [0.2, 0.25) is 5.91 Å². The Bertz CT molecular complexity index is 1070. The lowest BCUT2D eigenvalue weighted by Gasteiger charge is -2.30. The number of rotatable bonds is 11. The first kappa shape index (κ1) is 24.8. The number of halogens is 1. The molecule has 5 nitrogen and oxygen atoms in total. The lowest BCUT2D eigenvalue weighted by molar-refractivity contribution is -0.143. The van der Waals surface area contributed by atoms with Gasteiger partial charge in [-0.2, -0.15) is 0 Å². The number of unbranched alkanes of at least 4 members (excludes halogenated alkanes) is 1. The summed E-state index contributed by atoms with van der Waals surface area (Å²) in [4.78, 5) is 27.9. The van der Waals surface area contributed by atoms with Crippen LogP contribution in [-0.2, 0) is 16.1 Å². The number of fused-ring (bicyclic) bond motifs is 1. The molecule has 0 spiro atoms. The third-order valence-electron chi connectivity index (χ3n) is 5.59. The van der Waals surface area contributed by atoms with E-state index in [0.717, 1.165) is 33.7 Å². The van der Waals surface area contributed by atoms with Crippen molar-refractivity contribution in [2.75, 3.05) is 13.2 Å². The second-order valence-electron chi connectivity index (χ2n) is 7.96. The van der Waals surface area contributed by atoms with Crippen molar-refractivity contribution in [3.63, 3.8) is 0 Å². The number of carbonyl (C=O) groups excluding carboxylic acids is 2. The Morgan fingerprint density at radius 3 is 2.45 bits per heavy atom. The minimum absolute atomic E-state index is 0.123. The molecule has 2 amide bonds. The van der Waals surface area contributed by atoms with Crippen LogP contribution in [0.2, 0.25) is 0 Å². The highest BCUT2D eigenvalue weighted by Crippen LogP contribution is 2.33. The molecule has 0 unspecified atom stereocenters. The van der Waals surface area contributed by atoms with E-state index in [1.807, 2.05) is 73.7 Å². The molecule has 6 heteroatoms. The molecular formula is C27H31BrN2O3. The summed E-state index contributed by atoms with van der Waals surface area (Å²) < 4.78 is 6.74. The van der Waals surface area contributed by atoms with E-state index < -0.39 is 6.04 Å². The molecule has 3 aromatic carbocycles. The van der Waals surface area contributed by atoms with Crippen molar-refractivity contribution < 1.29 is 14.3 Å². The van der Waals surface area contributed by atoms with E-state index in [2.05, 4.69) is 28.2 Å². The summed E-state index contributed by atoms with van der Waals surface area (Å²) in [7, 11) is 0. The maximum Gasteiger partial charge on any atom is 0.261 e. The van der Waals surface area contributed by atoms with Gasteiger partial charge in [0.05, 0.1) is 4.47 Å². The quantitative estimate of drug-likeness (QED) is 0.336. The van der Waals surface area contributed by atoms with Gasteiger partial charge in [0, 0.05) is 13.1 Å². The van der Waals surface area contributed by atoms with E-state index in [0.29, 0.717) is 25.3 Å². The minimum Gasteiger partial charge on any atom is -0.483 e. The first-order valence-corrected chi connectivity index (χ1v) is 12.3. The van der Waals surface area contributed by atoms with Crippen molar-refractivity contribution in [3.8, 4) is 5.75 Å². The fourth-order valence-corrected chi connectivity index (χ4v) is 4.36. The van der Waals surface area contributed by atoms with Crippen LogP contribution in [0.3, 0.4) is 0 Å². The Morgan fingerprint density at radius 1 is 1.00 bits per heavy atom. The zero-order valence-corrected chi connectivity index (χ0v) is 20.8. The highest BCUT2D eigenvalue weighted by molar-refractivity contribution is 9.10. The molecule has 0 radical (unpaired) electrons. The van der Waals surface area contributed by atoms with E-state index in [1.54, 1.807) is 4.90 Å². The van der Waals surface area contributed by atoms with Crippen LogP contribution in [0.15, 0.2) is 71.2 Å². The number of hydrogen-bond acceptors (Lipinski definition) is 3. The van der Waals surface area contributed by atoms with Gasteiger partial charge < -0.3 is 15.0 Å². The molecule has 0 aliphatic heterocycles. The van der Waals surface area contributed by atoms with Crippen molar-refractivity contribution >= 4 is 38.5 Å². The first-order chi connectivity index (χ1) is 16.0. The second-order valence-corrected chi connectivity index (χ2v) is 8.76. The zero-order chi connectivity index (χ0) is 23.6. The number of nitrogens with zero attached hydrogens (tertiary/aromatic N) is 1. The van der Waals surface area contributed by atoms with Gasteiger partial charge in [-0.05, 0) is 51.2 Å². The zero-order valence-electron chi connectivity index (χ0n) is 19.2. The molecule has 0 saturated heterocycles. The van der Waals surface area contributed by atoms with Crippen LogP contribution in [0.5, 0.6) is 5.75 Å². The van der Waals surface area contributed by atoms with E-state index in [1.165, 1.54) is 0 Å². The molecular weight excluding hydrogens is 480 g/mol. The Hall–Kier alpha value is -2.86. The van der Waals surface area contributed by atoms with E-state index in [9.17, 15) is 9.59 Å². The van der Waals surface area contributed by atoms with Crippen molar-refractivity contribution in [1.82, 2.24) is 10.2 Å². The molecule has 0 heterocycles. The van der Waals surface area contributed by atoms with Crippen LogP contribution >= 0.6 is 15.9 Å². The number of amides is 2. The van der Waals surface area contributed by atoms with Gasteiger partial charge in [0.15, 0.2) is 6.61 Å². The van der Waals surface area contributed by atoms with Crippen LogP contribution < -0.4 is 10.1 Å². The normalized spacial score (nSPS) is 11.7. The van der Waals surface area contributed by atoms with Crippen molar-refractivity contribution in [2.45, 2.75) is 45.7 Å². The van der Waals surface area contributed by atoms with Crippen molar-refractivity contribution in [3.05, 3.63) is 76.8 Å². The van der Waals surface area contributed by atoms with Crippen molar-refractivity contribution in [1.29, 1.82) is 0 Å². The Kier molecular flexibility index (Phi) is 9.31. The van der Waals surface area contributed by atoms with E-state index >= 15 is 0 Å². The van der Waals surface area contributed by atoms with E-state index in [4.69, 9.17) is 4.74 Å². The molecule has 1 N–H and O–H groups in total. The number of ether oxygens (including phenoxy) is 1. The molecule has 3 rings (SSSR count). The molecule has 0 aliphatic rings. The smallest absolute Gasteiger partial charge is 0.261 e. The molecule has 174 valence electrons. The maximum absolute atomic E-state index is 13.3. The maximum atomic E-state index is 13.3. The Balaban J connectivity index is 1.78. The third-order valence-corrected chi connectivity index (χ3v) is 6.41. The monoisotopic (exact) mass is 510 g/mol. The predicted molar refractivity (Wildman–Crippen MR) is 136 cm³/mol. The van der Waals surface area contributed by atoms with Crippen LogP contribution in [0.1, 0.15) is 38.7 Å². The average molecular weight is 511 g/mol. The SMILES string of the molecule is CCCCNC(=O)[C@H](CC)N(Cc1ccccc1)C(=O)COc1ccc2ccccc2c1Br. The largest absolute Gasteiger partial charge is 0.483 e. The van der Waals surface area contributed by atoms with Gasteiger partial charge >= 0.3 is 0 Å². The molecule has 0 aliphatic carbocycles. The molecule has 1 atom stereocenters. The van der Waals surface area contributed by atoms with Gasteiger partial charge in [-0.1, -0.05) is 80.9 Å². The number of carbonyl (C=O) groups is 2. The predicted octanol–water partition coefficient (Wildman–Crippen LogP) is 5.70. The molecule has 0 saturated carbocycles. The fourth-order valence-electron chi connectivity index (χ4n) is 3.75. The molecule has 3 aromatic rings. The first-order valence-electron chi connectivity index (χ1n) is 11.5. The molecule has 0 aromatic heterocycles. The van der Waals surface area contributed by atoms with Gasteiger partial charge in [-0.3, -0.25) is 9.59 Å². The fraction of sp³-hybridized carbons (Fsp3) is 0.333. The number of benzene rings is 3. The number of hydrogen-bond donors (Lipinski definition) is 1. The second kappa shape index (κ2) is 12.4. The molecule has 0 bridgehead atoms. The Labute approximate surface area is 204 Å². The topological polar surface area (TPSA) is 58.6 Å². The minimum atomic E-state index is -0.557. The molecule has 0 fully saturated rings. The lowest BCUT2D eigenvalue weighted by atomic mass is 10.1. The van der Waals surface area contributed by atoms with Gasteiger partial charge in [-0.25, -0.2) is 0 Å². The highest BCUT2D eigenvalue weighted by atomic mass is 79.9. The van der Waals surface area contributed by atoms with Gasteiger partial charge in [0.25, 0.3) is 5.91 Å². The van der Waals surface area contributed by atoms with E-state index in [-0.39, 0.29) is 18.4 Å². The van der Waals surface area contributed by atoms with Gasteiger partial charge in [0.1, 0.15) is 11.8 Å². The van der Waals surface area contributed by atoms with Crippen LogP contribution in [0.4, 0.5) is 0 Å². The summed E-state index contributed by atoms with van der Waals surface area (Å²) in [6, 6.07) is 21.0. The molecule has 33 heavy (non-hydrogen) atoms. The Morgan fingerprint density at radius 2 is 1.73 bits per heavy atom. The summed E-state index contributed by atoms with van der Waals surface area (Å²) in [6.45, 7) is 4.82. The highest BCUT2D eigenvalue weighted by Gasteiger charge is 2.29. The lowest BCUT2D eigenvalue weighted by Crippen LogP contribution is -2.50. The van der Waals surface area contributed by atoms with Crippen LogP contribution in [0.25, 0.3) is 10.8 Å². The van der Waals surface area contributed by atoms with Crippen molar-refractivity contribution in [2.24, 2.45) is 0 Å². The average Bonchev–Trinajstić information content (AvgIpc) is 2.84. The van der Waals surface area contributed by atoms with Crippen LogP contribution in [0, 0.1) is 0 Å². The summed E-state index contributed by atoms with van der Waals surface area (Å²) in [5.74, 6) is 0.251. The summed E-state index contributed by atoms with van der Waals surface area (Å²) >= 11 is 3.61. The number of nitrogens with one attached hydrogen (secondary N) is 1. The van der Waals surface area contributed by atoms with Gasteiger partial charge in [-0.15, -0.1) is 0 Å². The van der Waals surface area contributed by atoms with Crippen LogP contribution in [-0.4, -0.2) is 35.9 Å². The standard InChI is InChI=1S/C27H31BrN2O3/c1-3-5-17-29-27(32)23(4-2)30(18-20-11-7-6-8-12-20)25(31)19-33-24-16-15-21-13-9-10-14-22(21)26(24)28/h6-16,23H,3-5,17-19H2,1-2H3,(H,29,32)/t23-/m0/s1. The summed E-state index contributed by atoms with van der Waals surface area (Å²) in [5.41, 5.74) is 0.970. The summed E-state index contributed by atoms with van der Waals surface area (Å²) in [5, 5.41) is 5.08.